The minimum absolute atomic E-state index is 0.0266. The number of aromatic hydroxyl groups is 2. The molecule has 3 rings (SSSR count). The predicted molar refractivity (Wildman–Crippen MR) is 114 cm³/mol. The van der Waals surface area contributed by atoms with Gasteiger partial charge in [0.15, 0.2) is 16.6 Å². The van der Waals surface area contributed by atoms with Gasteiger partial charge in [-0.25, -0.2) is 4.98 Å². The van der Waals surface area contributed by atoms with E-state index in [0.29, 0.717) is 22.3 Å². The van der Waals surface area contributed by atoms with Crippen molar-refractivity contribution in [3.63, 3.8) is 0 Å². The van der Waals surface area contributed by atoms with Crippen LogP contribution in [0.5, 0.6) is 11.5 Å². The zero-order chi connectivity index (χ0) is 21.0. The molecule has 6 nitrogen and oxygen atoms in total. The molecule has 2 aromatic carbocycles. The summed E-state index contributed by atoms with van der Waals surface area (Å²) in [7, 11) is 0. The van der Waals surface area contributed by atoms with E-state index in [-0.39, 0.29) is 17.1 Å². The number of rotatable bonds is 5. The van der Waals surface area contributed by atoms with E-state index < -0.39 is 5.91 Å². The number of anilines is 1. The van der Waals surface area contributed by atoms with E-state index in [2.05, 4.69) is 24.1 Å². The van der Waals surface area contributed by atoms with Crippen molar-refractivity contribution in [1.82, 2.24) is 4.98 Å². The van der Waals surface area contributed by atoms with Crippen LogP contribution in [0, 0.1) is 11.3 Å². The quantitative estimate of drug-likeness (QED) is 0.318. The molecule has 3 N–H and O–H groups in total. The molecule has 1 aromatic heterocycles. The summed E-state index contributed by atoms with van der Waals surface area (Å²) < 4.78 is 0. The minimum Gasteiger partial charge on any atom is -0.504 e. The first-order chi connectivity index (χ1) is 13.9. The number of thiazole rings is 1. The number of nitrogens with one attached hydrogen (secondary N) is 1. The van der Waals surface area contributed by atoms with Gasteiger partial charge in [-0.3, -0.25) is 10.1 Å². The highest BCUT2D eigenvalue weighted by Gasteiger charge is 2.13. The summed E-state index contributed by atoms with van der Waals surface area (Å²) in [4.78, 5) is 16.8. The van der Waals surface area contributed by atoms with Crippen LogP contribution in [0.1, 0.15) is 30.9 Å². The minimum atomic E-state index is -0.546. The lowest BCUT2D eigenvalue weighted by molar-refractivity contribution is -0.112. The monoisotopic (exact) mass is 405 g/mol. The van der Waals surface area contributed by atoms with Crippen molar-refractivity contribution in [3.05, 3.63) is 64.5 Å². The van der Waals surface area contributed by atoms with Gasteiger partial charge in [0.25, 0.3) is 5.91 Å². The Morgan fingerprint density at radius 2 is 1.90 bits per heavy atom. The van der Waals surface area contributed by atoms with Gasteiger partial charge in [0.2, 0.25) is 0 Å². The smallest absolute Gasteiger partial charge is 0.268 e. The van der Waals surface area contributed by atoms with Crippen LogP contribution in [0.3, 0.4) is 0 Å². The molecule has 0 aliphatic heterocycles. The van der Waals surface area contributed by atoms with Gasteiger partial charge in [0.1, 0.15) is 11.6 Å². The molecule has 0 spiro atoms. The van der Waals surface area contributed by atoms with Gasteiger partial charge in [-0.1, -0.05) is 38.1 Å². The van der Waals surface area contributed by atoms with E-state index >= 15 is 0 Å². The molecule has 3 aromatic rings. The Labute approximate surface area is 172 Å². The van der Waals surface area contributed by atoms with Crippen LogP contribution in [-0.2, 0) is 4.79 Å². The third-order valence-electron chi connectivity index (χ3n) is 4.28. The number of phenolic OH excluding ortho intramolecular Hbond substituents is 2. The number of nitrogens with zero attached hydrogens (tertiary/aromatic N) is 2. The Balaban J connectivity index is 1.75. The maximum atomic E-state index is 12.5. The third-order valence-corrected chi connectivity index (χ3v) is 5.03. The van der Waals surface area contributed by atoms with Crippen LogP contribution >= 0.6 is 11.3 Å². The highest BCUT2D eigenvalue weighted by molar-refractivity contribution is 7.14. The van der Waals surface area contributed by atoms with Crippen LogP contribution in [0.2, 0.25) is 0 Å². The first-order valence-corrected chi connectivity index (χ1v) is 9.76. The molecule has 0 unspecified atom stereocenters. The number of phenols is 2. The Morgan fingerprint density at radius 1 is 1.17 bits per heavy atom. The van der Waals surface area contributed by atoms with Gasteiger partial charge >= 0.3 is 0 Å². The fraction of sp³-hybridized carbons (Fsp3) is 0.136. The van der Waals surface area contributed by atoms with Gasteiger partial charge in [-0.15, -0.1) is 11.3 Å². The van der Waals surface area contributed by atoms with Crippen molar-refractivity contribution < 1.29 is 15.0 Å². The number of carbonyl (C=O) groups is 1. The molecule has 7 heteroatoms. The second-order valence-corrected chi connectivity index (χ2v) is 7.54. The topological polar surface area (TPSA) is 106 Å². The first kappa shape index (κ1) is 20.1. The summed E-state index contributed by atoms with van der Waals surface area (Å²) in [6.07, 6.45) is 1.53. The summed E-state index contributed by atoms with van der Waals surface area (Å²) in [5, 5.41) is 33.1. The Morgan fingerprint density at radius 3 is 2.52 bits per heavy atom. The van der Waals surface area contributed by atoms with Crippen molar-refractivity contribution in [2.45, 2.75) is 19.8 Å². The average Bonchev–Trinajstić information content (AvgIpc) is 3.16. The van der Waals surface area contributed by atoms with E-state index in [1.165, 1.54) is 35.1 Å². The van der Waals surface area contributed by atoms with Crippen LogP contribution in [0.15, 0.2) is 53.4 Å². The van der Waals surface area contributed by atoms with Crippen molar-refractivity contribution in [2.75, 3.05) is 5.32 Å². The number of hydrogen-bond acceptors (Lipinski definition) is 6. The SMILES string of the molecule is CC(C)c1ccc(/C=C(\C#N)C(=O)Nc2nc(-c3ccc(O)c(O)c3)cs2)cc1. The van der Waals surface area contributed by atoms with Gasteiger partial charge in [0.05, 0.1) is 5.69 Å². The van der Waals surface area contributed by atoms with Crippen LogP contribution in [-0.4, -0.2) is 21.1 Å². The summed E-state index contributed by atoms with van der Waals surface area (Å²) in [5.41, 5.74) is 3.05. The highest BCUT2D eigenvalue weighted by atomic mass is 32.1. The second-order valence-electron chi connectivity index (χ2n) is 6.69. The average molecular weight is 405 g/mol. The zero-order valence-corrected chi connectivity index (χ0v) is 16.7. The molecule has 0 saturated carbocycles. The second kappa shape index (κ2) is 8.59. The third kappa shape index (κ3) is 4.81. The van der Waals surface area contributed by atoms with Crippen LogP contribution < -0.4 is 5.32 Å². The lowest BCUT2D eigenvalue weighted by atomic mass is 10.0. The molecular weight excluding hydrogens is 386 g/mol. The number of nitriles is 1. The Hall–Kier alpha value is -3.63. The van der Waals surface area contributed by atoms with Crippen LogP contribution in [0.4, 0.5) is 5.13 Å². The van der Waals surface area contributed by atoms with Crippen molar-refractivity contribution in [1.29, 1.82) is 5.26 Å². The number of aromatic nitrogens is 1. The molecule has 0 radical (unpaired) electrons. The van der Waals surface area contributed by atoms with Crippen molar-refractivity contribution in [3.8, 4) is 28.8 Å². The highest BCUT2D eigenvalue weighted by Crippen LogP contribution is 2.32. The van der Waals surface area contributed by atoms with Crippen LogP contribution in [0.25, 0.3) is 17.3 Å². The van der Waals surface area contributed by atoms with E-state index in [9.17, 15) is 20.3 Å². The van der Waals surface area contributed by atoms with Crippen molar-refractivity contribution in [2.24, 2.45) is 0 Å². The largest absolute Gasteiger partial charge is 0.504 e. The lowest BCUT2D eigenvalue weighted by Crippen LogP contribution is -2.13. The number of hydrogen-bond donors (Lipinski definition) is 3. The van der Waals surface area contributed by atoms with Gasteiger partial charge in [-0.2, -0.15) is 5.26 Å². The molecular formula is C22H19N3O3S. The van der Waals surface area contributed by atoms with E-state index in [0.717, 1.165) is 5.56 Å². The molecule has 0 saturated heterocycles. The summed E-state index contributed by atoms with van der Waals surface area (Å²) >= 11 is 1.20. The van der Waals surface area contributed by atoms with E-state index in [1.54, 1.807) is 11.4 Å². The normalized spacial score (nSPS) is 11.3. The maximum Gasteiger partial charge on any atom is 0.268 e. The van der Waals surface area contributed by atoms with Gasteiger partial charge < -0.3 is 10.2 Å². The number of amides is 1. The Kier molecular flexibility index (Phi) is 5.96. The summed E-state index contributed by atoms with van der Waals surface area (Å²) in [6, 6.07) is 14.0. The molecule has 29 heavy (non-hydrogen) atoms. The Bertz CT molecular complexity index is 1110. The number of benzene rings is 2. The lowest BCUT2D eigenvalue weighted by Gasteiger charge is -2.05. The molecule has 0 aliphatic rings. The van der Waals surface area contributed by atoms with Gasteiger partial charge in [-0.05, 0) is 41.3 Å². The maximum absolute atomic E-state index is 12.5. The molecule has 1 heterocycles. The summed E-state index contributed by atoms with van der Waals surface area (Å²) in [6.45, 7) is 4.20. The van der Waals surface area contributed by atoms with Gasteiger partial charge in [0, 0.05) is 10.9 Å². The fourth-order valence-electron chi connectivity index (χ4n) is 2.60. The fourth-order valence-corrected chi connectivity index (χ4v) is 3.32. The number of carbonyl (C=O) groups excluding carboxylic acids is 1. The zero-order valence-electron chi connectivity index (χ0n) is 15.9. The van der Waals surface area contributed by atoms with E-state index in [4.69, 9.17) is 0 Å². The molecule has 0 atom stereocenters. The molecule has 0 fully saturated rings. The first-order valence-electron chi connectivity index (χ1n) is 8.88. The van der Waals surface area contributed by atoms with E-state index in [1.807, 2.05) is 30.3 Å². The van der Waals surface area contributed by atoms with Crippen molar-refractivity contribution >= 4 is 28.5 Å². The molecule has 0 bridgehead atoms. The summed E-state index contributed by atoms with van der Waals surface area (Å²) in [5.74, 6) is -0.613. The molecule has 0 aliphatic carbocycles. The standard InChI is InChI=1S/C22H19N3O3S/c1-13(2)15-5-3-14(4-6-15)9-17(11-23)21(28)25-22-24-18(12-29-22)16-7-8-19(26)20(27)10-16/h3-10,12-13,26-27H,1-2H3,(H,24,25,28)/b17-9+. The molecule has 146 valence electrons. The molecule has 1 amide bonds. The predicted octanol–water partition coefficient (Wildman–Crippen LogP) is 4.89.